The normalized spacial score (nSPS) is 16.8. The van der Waals surface area contributed by atoms with Gasteiger partial charge in [0.15, 0.2) is 0 Å². The SMILES string of the molecule is COC(=O)c1cn(C)c2cc(C3CCN(CCc4c(-c5c(Cl)cccc5Cl)noc4C4CC4)CC3)ccc12. The first kappa shape index (κ1) is 25.5. The van der Waals surface area contributed by atoms with Crippen molar-refractivity contribution in [1.29, 1.82) is 0 Å². The number of ether oxygens (including phenoxy) is 1. The summed E-state index contributed by atoms with van der Waals surface area (Å²) in [6.07, 6.45) is 7.21. The molecule has 2 fully saturated rings. The molecule has 0 amide bonds. The van der Waals surface area contributed by atoms with Crippen LogP contribution in [0.4, 0.5) is 0 Å². The fourth-order valence-electron chi connectivity index (χ4n) is 5.84. The molecule has 1 saturated carbocycles. The summed E-state index contributed by atoms with van der Waals surface area (Å²) in [6, 6.07) is 12.0. The van der Waals surface area contributed by atoms with Crippen molar-refractivity contribution in [2.24, 2.45) is 7.05 Å². The quantitative estimate of drug-likeness (QED) is 0.227. The van der Waals surface area contributed by atoms with Crippen molar-refractivity contribution in [3.63, 3.8) is 0 Å². The lowest BCUT2D eigenvalue weighted by atomic mass is 9.88. The minimum atomic E-state index is -0.297. The Kier molecular flexibility index (Phi) is 6.97. The van der Waals surface area contributed by atoms with Crippen molar-refractivity contribution < 1.29 is 14.1 Å². The summed E-state index contributed by atoms with van der Waals surface area (Å²) in [5.74, 6) is 1.68. The minimum Gasteiger partial charge on any atom is -0.465 e. The van der Waals surface area contributed by atoms with Crippen LogP contribution in [0.3, 0.4) is 0 Å². The van der Waals surface area contributed by atoms with Crippen molar-refractivity contribution in [3.05, 3.63) is 75.1 Å². The second-order valence-corrected chi connectivity index (χ2v) is 11.3. The van der Waals surface area contributed by atoms with Gasteiger partial charge in [-0.3, -0.25) is 0 Å². The highest BCUT2D eigenvalue weighted by Crippen LogP contribution is 2.46. The zero-order valence-corrected chi connectivity index (χ0v) is 23.2. The average molecular weight is 553 g/mol. The van der Waals surface area contributed by atoms with Gasteiger partial charge in [-0.2, -0.15) is 0 Å². The number of carbonyl (C=O) groups excluding carboxylic acids is 1. The van der Waals surface area contributed by atoms with Gasteiger partial charge in [-0.15, -0.1) is 0 Å². The van der Waals surface area contributed by atoms with Gasteiger partial charge in [0.1, 0.15) is 11.5 Å². The van der Waals surface area contributed by atoms with Crippen LogP contribution in [0.2, 0.25) is 10.0 Å². The van der Waals surface area contributed by atoms with Crippen LogP contribution in [0, 0.1) is 0 Å². The number of fused-ring (bicyclic) bond motifs is 1. The van der Waals surface area contributed by atoms with Crippen LogP contribution in [0.25, 0.3) is 22.2 Å². The Bertz CT molecular complexity index is 1480. The first-order valence-corrected chi connectivity index (χ1v) is 14.0. The summed E-state index contributed by atoms with van der Waals surface area (Å²) in [5.41, 5.74) is 5.73. The first-order chi connectivity index (χ1) is 18.4. The summed E-state index contributed by atoms with van der Waals surface area (Å²) < 4.78 is 12.8. The summed E-state index contributed by atoms with van der Waals surface area (Å²) in [7, 11) is 3.40. The molecule has 38 heavy (non-hydrogen) atoms. The molecule has 2 aromatic carbocycles. The molecule has 0 spiro atoms. The third kappa shape index (κ3) is 4.74. The van der Waals surface area contributed by atoms with Crippen LogP contribution >= 0.6 is 23.2 Å². The Balaban J connectivity index is 1.15. The number of likely N-dealkylation sites (tertiary alicyclic amines) is 1. The Morgan fingerprint density at radius 3 is 2.50 bits per heavy atom. The van der Waals surface area contributed by atoms with E-state index >= 15 is 0 Å². The van der Waals surface area contributed by atoms with Gasteiger partial charge in [0.05, 0.1) is 22.7 Å². The molecule has 4 aromatic rings. The Hall–Kier alpha value is -2.80. The van der Waals surface area contributed by atoms with E-state index in [1.165, 1.54) is 12.7 Å². The summed E-state index contributed by atoms with van der Waals surface area (Å²) in [6.45, 7) is 3.02. The number of carbonyl (C=O) groups is 1. The molecule has 8 heteroatoms. The predicted molar refractivity (Wildman–Crippen MR) is 150 cm³/mol. The van der Waals surface area contributed by atoms with Crippen molar-refractivity contribution in [1.82, 2.24) is 14.6 Å². The van der Waals surface area contributed by atoms with E-state index < -0.39 is 0 Å². The molecule has 3 heterocycles. The van der Waals surface area contributed by atoms with E-state index in [2.05, 4.69) is 28.3 Å². The lowest BCUT2D eigenvalue weighted by molar-refractivity contribution is 0.0602. The van der Waals surface area contributed by atoms with E-state index in [-0.39, 0.29) is 5.97 Å². The van der Waals surface area contributed by atoms with Gasteiger partial charge in [-0.1, -0.05) is 46.6 Å². The molecule has 2 aromatic heterocycles. The predicted octanol–water partition coefficient (Wildman–Crippen LogP) is 7.23. The molecular weight excluding hydrogens is 521 g/mol. The van der Waals surface area contributed by atoms with Crippen molar-refractivity contribution in [3.8, 4) is 11.3 Å². The van der Waals surface area contributed by atoms with Crippen LogP contribution in [0.5, 0.6) is 0 Å². The largest absolute Gasteiger partial charge is 0.465 e. The summed E-state index contributed by atoms with van der Waals surface area (Å²) >= 11 is 13.1. The van der Waals surface area contributed by atoms with E-state index in [0.29, 0.717) is 27.4 Å². The number of esters is 1. The number of hydrogen-bond donors (Lipinski definition) is 0. The zero-order valence-electron chi connectivity index (χ0n) is 21.7. The van der Waals surface area contributed by atoms with Crippen molar-refractivity contribution >= 4 is 40.1 Å². The van der Waals surface area contributed by atoms with Gasteiger partial charge in [-0.25, -0.2) is 4.79 Å². The van der Waals surface area contributed by atoms with Gasteiger partial charge in [-0.05, 0) is 74.9 Å². The number of halogens is 2. The van der Waals surface area contributed by atoms with E-state index in [1.807, 2.05) is 36.0 Å². The highest BCUT2D eigenvalue weighted by molar-refractivity contribution is 6.39. The average Bonchev–Trinajstić information content (AvgIpc) is 3.61. The van der Waals surface area contributed by atoms with Crippen LogP contribution in [-0.4, -0.2) is 47.3 Å². The molecular formula is C30H31Cl2N3O3. The maximum Gasteiger partial charge on any atom is 0.340 e. The van der Waals surface area contributed by atoms with Gasteiger partial charge >= 0.3 is 5.97 Å². The number of rotatable bonds is 7. The van der Waals surface area contributed by atoms with Crippen molar-refractivity contribution in [2.75, 3.05) is 26.7 Å². The third-order valence-corrected chi connectivity index (χ3v) is 8.75. The molecule has 198 valence electrons. The maximum absolute atomic E-state index is 12.1. The molecule has 1 aliphatic heterocycles. The molecule has 0 unspecified atom stereocenters. The molecule has 0 bridgehead atoms. The van der Waals surface area contributed by atoms with E-state index in [9.17, 15) is 4.79 Å². The van der Waals surface area contributed by atoms with Crippen LogP contribution in [0.1, 0.15) is 64.8 Å². The second-order valence-electron chi connectivity index (χ2n) is 10.5. The topological polar surface area (TPSA) is 60.5 Å². The Morgan fingerprint density at radius 2 is 1.82 bits per heavy atom. The fourth-order valence-corrected chi connectivity index (χ4v) is 6.41. The summed E-state index contributed by atoms with van der Waals surface area (Å²) in [4.78, 5) is 14.7. The monoisotopic (exact) mass is 551 g/mol. The molecule has 1 saturated heterocycles. The first-order valence-electron chi connectivity index (χ1n) is 13.3. The number of aromatic nitrogens is 2. The molecule has 6 rings (SSSR count). The number of piperidine rings is 1. The van der Waals surface area contributed by atoms with Gasteiger partial charge in [0.25, 0.3) is 0 Å². The molecule has 0 radical (unpaired) electrons. The van der Waals surface area contributed by atoms with E-state index in [1.54, 1.807) is 0 Å². The standard InChI is InChI=1S/C30H31Cl2N3O3/c1-34-17-23(30(36)37-2)21-9-8-20(16-26(21)34)18-10-13-35(14-11-18)15-12-22-28(33-38-29(22)19-6-7-19)27-24(31)4-3-5-25(27)32/h3-5,8-9,16-19H,6-7,10-15H2,1-2H3. The number of benzene rings is 2. The van der Waals surface area contributed by atoms with Gasteiger partial charge < -0.3 is 18.7 Å². The van der Waals surface area contributed by atoms with E-state index in [4.69, 9.17) is 32.5 Å². The van der Waals surface area contributed by atoms with Crippen LogP contribution in [0.15, 0.2) is 47.1 Å². The zero-order chi connectivity index (χ0) is 26.4. The van der Waals surface area contributed by atoms with Gasteiger partial charge in [0, 0.05) is 47.7 Å². The second kappa shape index (κ2) is 10.4. The van der Waals surface area contributed by atoms with Gasteiger partial charge in [0.2, 0.25) is 0 Å². The number of aryl methyl sites for hydroxylation is 1. The number of hydrogen-bond acceptors (Lipinski definition) is 5. The van der Waals surface area contributed by atoms with E-state index in [0.717, 1.165) is 85.2 Å². The van der Waals surface area contributed by atoms with Crippen molar-refractivity contribution in [2.45, 2.75) is 43.9 Å². The maximum atomic E-state index is 12.1. The van der Waals surface area contributed by atoms with Crippen LogP contribution < -0.4 is 0 Å². The lowest BCUT2D eigenvalue weighted by Gasteiger charge is -2.32. The van der Waals surface area contributed by atoms with Crippen LogP contribution in [-0.2, 0) is 18.2 Å². The summed E-state index contributed by atoms with van der Waals surface area (Å²) in [5, 5.41) is 6.58. The number of nitrogens with zero attached hydrogens (tertiary/aromatic N) is 3. The highest BCUT2D eigenvalue weighted by atomic mass is 35.5. The minimum absolute atomic E-state index is 0.297. The molecule has 1 aliphatic carbocycles. The fraction of sp³-hybridized carbons (Fsp3) is 0.400. The smallest absolute Gasteiger partial charge is 0.340 e. The molecule has 2 aliphatic rings. The third-order valence-electron chi connectivity index (χ3n) is 8.12. The highest BCUT2D eigenvalue weighted by Gasteiger charge is 2.33. The lowest BCUT2D eigenvalue weighted by Crippen LogP contribution is -2.34. The molecule has 0 atom stereocenters. The number of methoxy groups -OCH3 is 1. The Labute approximate surface area is 232 Å². The molecule has 0 N–H and O–H groups in total. The molecule has 6 nitrogen and oxygen atoms in total. The Morgan fingerprint density at radius 1 is 1.08 bits per heavy atom.